The molecule has 2 aromatic rings. The van der Waals surface area contributed by atoms with E-state index in [1.165, 1.54) is 0 Å². The Morgan fingerprint density at radius 3 is 2.60 bits per heavy atom. The second-order valence-corrected chi connectivity index (χ2v) is 4.50. The first kappa shape index (κ1) is 14.1. The molecule has 0 atom stereocenters. The molecule has 1 heterocycles. The summed E-state index contributed by atoms with van der Waals surface area (Å²) < 4.78 is 0. The van der Waals surface area contributed by atoms with Crippen LogP contribution in [0.15, 0.2) is 48.7 Å². The van der Waals surface area contributed by atoms with Crippen LogP contribution in [0.1, 0.15) is 18.2 Å². The van der Waals surface area contributed by atoms with Crippen LogP contribution in [0.5, 0.6) is 0 Å². The van der Waals surface area contributed by atoms with Gasteiger partial charge in [-0.05, 0) is 36.8 Å². The van der Waals surface area contributed by atoms with Crippen LogP contribution >= 0.6 is 0 Å². The number of nitrogens with one attached hydrogen (secondary N) is 2. The van der Waals surface area contributed by atoms with Gasteiger partial charge < -0.3 is 10.6 Å². The van der Waals surface area contributed by atoms with E-state index >= 15 is 0 Å². The highest BCUT2D eigenvalue weighted by atomic mass is 16.1. The molecule has 2 N–H and O–H groups in total. The molecule has 1 amide bonds. The molecule has 4 nitrogen and oxygen atoms in total. The Labute approximate surface area is 119 Å². The van der Waals surface area contributed by atoms with Crippen LogP contribution in [0.25, 0.3) is 0 Å². The molecule has 0 fully saturated rings. The quantitative estimate of drug-likeness (QED) is 0.846. The molecule has 2 rings (SSSR count). The second-order valence-electron chi connectivity index (χ2n) is 4.50. The molecule has 4 heteroatoms. The first-order valence-electron chi connectivity index (χ1n) is 6.77. The van der Waals surface area contributed by atoms with E-state index in [1.54, 1.807) is 6.20 Å². The van der Waals surface area contributed by atoms with Gasteiger partial charge in [0.2, 0.25) is 5.91 Å². The summed E-state index contributed by atoms with van der Waals surface area (Å²) >= 11 is 0. The van der Waals surface area contributed by atoms with E-state index in [1.807, 2.05) is 49.4 Å². The lowest BCUT2D eigenvalue weighted by Crippen LogP contribution is -2.24. The van der Waals surface area contributed by atoms with Crippen molar-refractivity contribution in [2.45, 2.75) is 19.9 Å². The standard InChI is InChI=1S/C16H19N3O/c1-2-17-16(20)11-13-6-8-14(9-7-13)19-12-15-5-3-4-10-18-15/h3-10,19H,2,11-12H2,1H3,(H,17,20). The zero-order valence-electron chi connectivity index (χ0n) is 11.6. The highest BCUT2D eigenvalue weighted by Crippen LogP contribution is 2.11. The number of hydrogen-bond acceptors (Lipinski definition) is 3. The predicted molar refractivity (Wildman–Crippen MR) is 80.4 cm³/mol. The third-order valence-electron chi connectivity index (χ3n) is 2.89. The molecule has 0 bridgehead atoms. The molecule has 104 valence electrons. The minimum Gasteiger partial charge on any atom is -0.379 e. The normalized spacial score (nSPS) is 10.1. The molecule has 0 saturated carbocycles. The van der Waals surface area contributed by atoms with E-state index in [-0.39, 0.29) is 5.91 Å². The number of amides is 1. The van der Waals surface area contributed by atoms with Gasteiger partial charge in [0, 0.05) is 18.4 Å². The summed E-state index contributed by atoms with van der Waals surface area (Å²) in [5, 5.41) is 6.10. The summed E-state index contributed by atoms with van der Waals surface area (Å²) in [5.41, 5.74) is 3.04. The van der Waals surface area contributed by atoms with Gasteiger partial charge in [-0.25, -0.2) is 0 Å². The smallest absolute Gasteiger partial charge is 0.224 e. The van der Waals surface area contributed by atoms with E-state index in [9.17, 15) is 4.79 Å². The molecule has 1 aromatic carbocycles. The van der Waals surface area contributed by atoms with Crippen LogP contribution in [0.2, 0.25) is 0 Å². The van der Waals surface area contributed by atoms with Crippen LogP contribution in [0, 0.1) is 0 Å². The van der Waals surface area contributed by atoms with E-state index in [4.69, 9.17) is 0 Å². The Morgan fingerprint density at radius 1 is 1.15 bits per heavy atom. The summed E-state index contributed by atoms with van der Waals surface area (Å²) in [7, 11) is 0. The number of carbonyl (C=O) groups excluding carboxylic acids is 1. The fourth-order valence-electron chi connectivity index (χ4n) is 1.88. The van der Waals surface area contributed by atoms with Gasteiger partial charge in [-0.15, -0.1) is 0 Å². The zero-order valence-corrected chi connectivity index (χ0v) is 11.6. The average Bonchev–Trinajstić information content (AvgIpc) is 2.48. The monoisotopic (exact) mass is 269 g/mol. The van der Waals surface area contributed by atoms with Crippen molar-refractivity contribution in [3.05, 3.63) is 59.9 Å². The first-order valence-corrected chi connectivity index (χ1v) is 6.77. The largest absolute Gasteiger partial charge is 0.379 e. The number of carbonyl (C=O) groups is 1. The molecule has 0 saturated heterocycles. The third-order valence-corrected chi connectivity index (χ3v) is 2.89. The molecule has 0 aliphatic heterocycles. The zero-order chi connectivity index (χ0) is 14.2. The lowest BCUT2D eigenvalue weighted by atomic mass is 10.1. The molecule has 0 aliphatic rings. The van der Waals surface area contributed by atoms with Gasteiger partial charge in [0.25, 0.3) is 0 Å². The Morgan fingerprint density at radius 2 is 1.95 bits per heavy atom. The lowest BCUT2D eigenvalue weighted by Gasteiger charge is -2.07. The predicted octanol–water partition coefficient (Wildman–Crippen LogP) is 2.37. The number of pyridine rings is 1. The lowest BCUT2D eigenvalue weighted by molar-refractivity contribution is -0.120. The van der Waals surface area contributed by atoms with Crippen LogP contribution in [0.3, 0.4) is 0 Å². The fourth-order valence-corrected chi connectivity index (χ4v) is 1.88. The van der Waals surface area contributed by atoms with E-state index < -0.39 is 0 Å². The first-order chi connectivity index (χ1) is 9.78. The minimum atomic E-state index is 0.0571. The topological polar surface area (TPSA) is 54.0 Å². The molecule has 0 unspecified atom stereocenters. The molecule has 1 aromatic heterocycles. The molecule has 0 radical (unpaired) electrons. The van der Waals surface area contributed by atoms with E-state index in [0.29, 0.717) is 19.5 Å². The van der Waals surface area contributed by atoms with Crippen LogP contribution in [-0.4, -0.2) is 17.4 Å². The van der Waals surface area contributed by atoms with Gasteiger partial charge in [0.05, 0.1) is 18.7 Å². The average molecular weight is 269 g/mol. The molecular weight excluding hydrogens is 250 g/mol. The van der Waals surface area contributed by atoms with Gasteiger partial charge in [-0.3, -0.25) is 9.78 Å². The van der Waals surface area contributed by atoms with Gasteiger partial charge in [0.15, 0.2) is 0 Å². The Kier molecular flexibility index (Phi) is 5.12. The maximum atomic E-state index is 11.5. The summed E-state index contributed by atoms with van der Waals surface area (Å²) in [4.78, 5) is 15.7. The van der Waals surface area contributed by atoms with Crippen molar-refractivity contribution >= 4 is 11.6 Å². The van der Waals surface area contributed by atoms with E-state index in [0.717, 1.165) is 16.9 Å². The van der Waals surface area contributed by atoms with Gasteiger partial charge >= 0.3 is 0 Å². The number of hydrogen-bond donors (Lipinski definition) is 2. The van der Waals surface area contributed by atoms with Crippen molar-refractivity contribution in [2.75, 3.05) is 11.9 Å². The van der Waals surface area contributed by atoms with Crippen LogP contribution < -0.4 is 10.6 Å². The number of rotatable bonds is 6. The van der Waals surface area contributed by atoms with Gasteiger partial charge in [0.1, 0.15) is 0 Å². The number of benzene rings is 1. The summed E-state index contributed by atoms with van der Waals surface area (Å²) in [5.74, 6) is 0.0571. The Balaban J connectivity index is 1.87. The van der Waals surface area contributed by atoms with Crippen molar-refractivity contribution in [3.8, 4) is 0 Å². The number of likely N-dealkylation sites (N-methyl/N-ethyl adjacent to an activating group) is 1. The molecule has 0 aliphatic carbocycles. The van der Waals surface area contributed by atoms with Crippen molar-refractivity contribution in [2.24, 2.45) is 0 Å². The molecular formula is C16H19N3O. The summed E-state index contributed by atoms with van der Waals surface area (Å²) in [6.07, 6.45) is 2.21. The Hall–Kier alpha value is -2.36. The minimum absolute atomic E-state index is 0.0571. The van der Waals surface area contributed by atoms with Crippen molar-refractivity contribution in [1.82, 2.24) is 10.3 Å². The van der Waals surface area contributed by atoms with E-state index in [2.05, 4.69) is 15.6 Å². The van der Waals surface area contributed by atoms with Crippen molar-refractivity contribution in [1.29, 1.82) is 0 Å². The van der Waals surface area contributed by atoms with Crippen molar-refractivity contribution in [3.63, 3.8) is 0 Å². The molecule has 0 spiro atoms. The van der Waals surface area contributed by atoms with Gasteiger partial charge in [-0.1, -0.05) is 18.2 Å². The highest BCUT2D eigenvalue weighted by Gasteiger charge is 2.01. The summed E-state index contributed by atoms with van der Waals surface area (Å²) in [6.45, 7) is 3.28. The SMILES string of the molecule is CCNC(=O)Cc1ccc(NCc2ccccn2)cc1. The van der Waals surface area contributed by atoms with Crippen LogP contribution in [-0.2, 0) is 17.8 Å². The number of aromatic nitrogens is 1. The summed E-state index contributed by atoms with van der Waals surface area (Å²) in [6, 6.07) is 13.8. The number of nitrogens with zero attached hydrogens (tertiary/aromatic N) is 1. The second kappa shape index (κ2) is 7.28. The third kappa shape index (κ3) is 4.39. The Bertz CT molecular complexity index is 537. The van der Waals surface area contributed by atoms with Crippen LogP contribution in [0.4, 0.5) is 5.69 Å². The highest BCUT2D eigenvalue weighted by molar-refractivity contribution is 5.78. The van der Waals surface area contributed by atoms with Gasteiger partial charge in [-0.2, -0.15) is 0 Å². The van der Waals surface area contributed by atoms with Crippen molar-refractivity contribution < 1.29 is 4.79 Å². The maximum Gasteiger partial charge on any atom is 0.224 e. The molecule has 20 heavy (non-hydrogen) atoms. The maximum absolute atomic E-state index is 11.5. The number of anilines is 1. The fraction of sp³-hybridized carbons (Fsp3) is 0.250.